The van der Waals surface area contributed by atoms with Crippen LogP contribution >= 0.6 is 0 Å². The van der Waals surface area contributed by atoms with Crippen molar-refractivity contribution >= 4 is 17.9 Å². The maximum absolute atomic E-state index is 12.8. The van der Waals surface area contributed by atoms with E-state index in [0.29, 0.717) is 19.3 Å². The number of carbonyl (C=O) groups is 3. The van der Waals surface area contributed by atoms with Crippen molar-refractivity contribution in [2.24, 2.45) is 0 Å². The van der Waals surface area contributed by atoms with Crippen LogP contribution in [-0.2, 0) is 28.6 Å². The molecule has 0 aliphatic heterocycles. The van der Waals surface area contributed by atoms with Crippen LogP contribution in [0.15, 0.2) is 36.5 Å². The molecule has 68 heavy (non-hydrogen) atoms. The highest BCUT2D eigenvalue weighted by atomic mass is 16.6. The Morgan fingerprint density at radius 3 is 0.868 bits per heavy atom. The van der Waals surface area contributed by atoms with Crippen molar-refractivity contribution in [2.75, 3.05) is 13.2 Å². The Kier molecular flexibility index (Phi) is 55.2. The average Bonchev–Trinajstić information content (AvgIpc) is 3.34. The molecule has 0 saturated carbocycles. The predicted octanol–water partition coefficient (Wildman–Crippen LogP) is 20.0. The van der Waals surface area contributed by atoms with Crippen molar-refractivity contribution in [3.05, 3.63) is 36.5 Å². The second-order valence-electron chi connectivity index (χ2n) is 20.3. The minimum atomic E-state index is -0.780. The van der Waals surface area contributed by atoms with Crippen molar-refractivity contribution in [1.29, 1.82) is 0 Å². The normalized spacial score (nSPS) is 12.2. The Morgan fingerprint density at radius 1 is 0.294 bits per heavy atom. The summed E-state index contributed by atoms with van der Waals surface area (Å²) in [5, 5.41) is 0. The Bertz CT molecular complexity index is 1140. The third kappa shape index (κ3) is 54.6. The number of unbranched alkanes of at least 4 members (excludes halogenated alkanes) is 38. The molecule has 0 amide bonds. The maximum Gasteiger partial charge on any atom is 0.306 e. The molecular weight excluding hydrogens is 841 g/mol. The van der Waals surface area contributed by atoms with Gasteiger partial charge in [-0.25, -0.2) is 0 Å². The van der Waals surface area contributed by atoms with E-state index in [1.54, 1.807) is 0 Å². The van der Waals surface area contributed by atoms with E-state index in [4.69, 9.17) is 14.2 Å². The lowest BCUT2D eigenvalue weighted by atomic mass is 10.0. The summed E-state index contributed by atoms with van der Waals surface area (Å²) in [6.07, 6.45) is 68.5. The number of hydrogen-bond acceptors (Lipinski definition) is 6. The number of ether oxygens (including phenoxy) is 3. The molecule has 6 heteroatoms. The summed E-state index contributed by atoms with van der Waals surface area (Å²) in [6, 6.07) is 0. The molecule has 398 valence electrons. The molecular formula is C62H114O6. The van der Waals surface area contributed by atoms with Gasteiger partial charge in [0.2, 0.25) is 0 Å². The Morgan fingerprint density at radius 2 is 0.544 bits per heavy atom. The summed E-state index contributed by atoms with van der Waals surface area (Å²) < 4.78 is 16.9. The molecule has 0 bridgehead atoms. The Labute approximate surface area is 423 Å². The summed E-state index contributed by atoms with van der Waals surface area (Å²) in [6.45, 7) is 6.62. The second-order valence-corrected chi connectivity index (χ2v) is 20.3. The zero-order valence-corrected chi connectivity index (χ0v) is 45.6. The lowest BCUT2D eigenvalue weighted by Crippen LogP contribution is -2.30. The topological polar surface area (TPSA) is 78.9 Å². The van der Waals surface area contributed by atoms with Gasteiger partial charge in [-0.15, -0.1) is 0 Å². The van der Waals surface area contributed by atoms with E-state index in [2.05, 4.69) is 57.2 Å². The molecule has 0 N–H and O–H groups in total. The van der Waals surface area contributed by atoms with Crippen LogP contribution in [0.1, 0.15) is 323 Å². The first-order valence-corrected chi connectivity index (χ1v) is 30.0. The van der Waals surface area contributed by atoms with E-state index >= 15 is 0 Å². The average molecular weight is 956 g/mol. The van der Waals surface area contributed by atoms with E-state index < -0.39 is 6.10 Å². The Balaban J connectivity index is 4.31. The van der Waals surface area contributed by atoms with Crippen LogP contribution in [0.25, 0.3) is 0 Å². The molecule has 6 nitrogen and oxygen atoms in total. The van der Waals surface area contributed by atoms with Gasteiger partial charge in [0.25, 0.3) is 0 Å². The van der Waals surface area contributed by atoms with Gasteiger partial charge in [0.1, 0.15) is 13.2 Å². The molecule has 0 aromatic heterocycles. The fourth-order valence-corrected chi connectivity index (χ4v) is 8.81. The first-order valence-electron chi connectivity index (χ1n) is 30.0. The van der Waals surface area contributed by atoms with Crippen LogP contribution in [0.3, 0.4) is 0 Å². The first kappa shape index (κ1) is 65.6. The number of rotatable bonds is 55. The van der Waals surface area contributed by atoms with Crippen molar-refractivity contribution < 1.29 is 28.6 Å². The molecule has 0 rings (SSSR count). The van der Waals surface area contributed by atoms with E-state index in [1.807, 2.05) is 0 Å². The van der Waals surface area contributed by atoms with Crippen LogP contribution in [0.5, 0.6) is 0 Å². The largest absolute Gasteiger partial charge is 0.462 e. The third-order valence-electron chi connectivity index (χ3n) is 13.4. The van der Waals surface area contributed by atoms with Crippen molar-refractivity contribution in [3.63, 3.8) is 0 Å². The quantitative estimate of drug-likeness (QED) is 0.0262. The summed E-state index contributed by atoms with van der Waals surface area (Å²) in [4.78, 5) is 38.2. The fraction of sp³-hybridized carbons (Fsp3) is 0.855. The van der Waals surface area contributed by atoms with Gasteiger partial charge in [0.05, 0.1) is 0 Å². The highest BCUT2D eigenvalue weighted by Gasteiger charge is 2.19. The second kappa shape index (κ2) is 57.2. The van der Waals surface area contributed by atoms with Crippen molar-refractivity contribution in [3.8, 4) is 0 Å². The standard InChI is InChI=1S/C62H114O6/c1-4-7-10-13-16-19-22-25-28-29-30-31-32-33-35-37-40-43-46-49-52-55-61(64)67-58-59(57-66-60(63)54-51-48-45-42-39-36-27-24-21-18-15-12-9-6-3)68-62(65)56-53-50-47-44-41-38-34-26-23-20-17-14-11-8-5-2/h15,18,24,26-27,34,59H,4-14,16-17,19-23,25,28-33,35-58H2,1-3H3/b18-15-,27-24-,34-26-. The van der Waals surface area contributed by atoms with Gasteiger partial charge < -0.3 is 14.2 Å². The van der Waals surface area contributed by atoms with Gasteiger partial charge in [0, 0.05) is 19.3 Å². The van der Waals surface area contributed by atoms with Crippen LogP contribution in [0.4, 0.5) is 0 Å². The molecule has 0 aliphatic rings. The molecule has 0 fully saturated rings. The van der Waals surface area contributed by atoms with Crippen molar-refractivity contribution in [2.45, 2.75) is 329 Å². The van der Waals surface area contributed by atoms with Crippen LogP contribution < -0.4 is 0 Å². The minimum absolute atomic E-state index is 0.0763. The molecule has 0 spiro atoms. The molecule has 0 saturated heterocycles. The number of esters is 3. The van der Waals surface area contributed by atoms with Crippen LogP contribution in [0.2, 0.25) is 0 Å². The molecule has 0 aromatic carbocycles. The zero-order chi connectivity index (χ0) is 49.3. The molecule has 1 unspecified atom stereocenters. The van der Waals surface area contributed by atoms with Gasteiger partial charge in [0.15, 0.2) is 6.10 Å². The van der Waals surface area contributed by atoms with Crippen LogP contribution in [-0.4, -0.2) is 37.2 Å². The summed E-state index contributed by atoms with van der Waals surface area (Å²) >= 11 is 0. The monoisotopic (exact) mass is 955 g/mol. The molecule has 0 radical (unpaired) electrons. The molecule has 1 atom stereocenters. The van der Waals surface area contributed by atoms with Crippen molar-refractivity contribution in [1.82, 2.24) is 0 Å². The summed E-state index contributed by atoms with van der Waals surface area (Å²) in [7, 11) is 0. The van der Waals surface area contributed by atoms with Gasteiger partial charge in [-0.3, -0.25) is 14.4 Å². The highest BCUT2D eigenvalue weighted by Crippen LogP contribution is 2.17. The summed E-state index contributed by atoms with van der Waals surface area (Å²) in [5.74, 6) is -0.881. The lowest BCUT2D eigenvalue weighted by Gasteiger charge is -2.18. The minimum Gasteiger partial charge on any atom is -0.462 e. The Hall–Kier alpha value is -2.37. The zero-order valence-electron chi connectivity index (χ0n) is 45.6. The third-order valence-corrected chi connectivity index (χ3v) is 13.4. The van der Waals surface area contributed by atoms with E-state index in [0.717, 1.165) is 83.5 Å². The number of carbonyl (C=O) groups excluding carboxylic acids is 3. The van der Waals surface area contributed by atoms with E-state index in [-0.39, 0.29) is 31.1 Å². The number of allylic oxidation sites excluding steroid dienone is 6. The summed E-state index contributed by atoms with van der Waals surface area (Å²) in [5.41, 5.74) is 0. The maximum atomic E-state index is 12.8. The molecule has 0 aromatic rings. The van der Waals surface area contributed by atoms with Gasteiger partial charge in [-0.1, -0.05) is 269 Å². The van der Waals surface area contributed by atoms with Crippen LogP contribution in [0, 0.1) is 0 Å². The SMILES string of the molecule is CCCC/C=C\C/C=C\CCCCCCCC(=O)OCC(COC(=O)CCCCCCCCCCCCCCCCCCCCCCC)OC(=O)CCCCCCC/C=C\CCCCCCCC. The number of hydrogen-bond donors (Lipinski definition) is 0. The van der Waals surface area contributed by atoms with Gasteiger partial charge in [-0.05, 0) is 70.6 Å². The van der Waals surface area contributed by atoms with Gasteiger partial charge in [-0.2, -0.15) is 0 Å². The predicted molar refractivity (Wildman–Crippen MR) is 293 cm³/mol. The lowest BCUT2D eigenvalue weighted by molar-refractivity contribution is -0.167. The fourth-order valence-electron chi connectivity index (χ4n) is 8.81. The molecule has 0 aliphatic carbocycles. The smallest absolute Gasteiger partial charge is 0.306 e. The van der Waals surface area contributed by atoms with E-state index in [9.17, 15) is 14.4 Å². The van der Waals surface area contributed by atoms with Gasteiger partial charge >= 0.3 is 17.9 Å². The highest BCUT2D eigenvalue weighted by molar-refractivity contribution is 5.71. The first-order chi connectivity index (χ1) is 33.5. The molecule has 0 heterocycles. The van der Waals surface area contributed by atoms with E-state index in [1.165, 1.54) is 199 Å².